The van der Waals surface area contributed by atoms with Gasteiger partial charge in [-0.3, -0.25) is 14.9 Å². The zero-order valence-corrected chi connectivity index (χ0v) is 8.45. The Morgan fingerprint density at radius 3 is 2.82 bits per heavy atom. The molecule has 2 heterocycles. The average molecular weight is 233 g/mol. The lowest BCUT2D eigenvalue weighted by Crippen LogP contribution is -2.35. The smallest absolute Gasteiger partial charge is 0.394 e. The summed E-state index contributed by atoms with van der Waals surface area (Å²) in [6.45, 7) is 0. The van der Waals surface area contributed by atoms with Gasteiger partial charge in [0.05, 0.1) is 17.3 Å². The second kappa shape index (κ2) is 4.05. The monoisotopic (exact) mass is 233 g/mol. The van der Waals surface area contributed by atoms with Crippen LogP contribution < -0.4 is 5.32 Å². The third-order valence-corrected chi connectivity index (χ3v) is 2.07. The van der Waals surface area contributed by atoms with Crippen molar-refractivity contribution in [2.24, 2.45) is 0 Å². The van der Waals surface area contributed by atoms with Crippen LogP contribution in [0.3, 0.4) is 0 Å². The normalized spacial score (nSPS) is 10.1. The number of carbonyl (C=O) groups is 3. The van der Waals surface area contributed by atoms with Crippen molar-refractivity contribution in [2.75, 3.05) is 0 Å². The molecule has 86 valence electrons. The third-order valence-electron chi connectivity index (χ3n) is 2.07. The molecule has 7 heteroatoms. The second-order valence-corrected chi connectivity index (χ2v) is 3.21. The molecule has 0 aliphatic rings. The maximum absolute atomic E-state index is 11.5. The second-order valence-electron chi connectivity index (χ2n) is 3.21. The Hall–Kier alpha value is -2.70. The van der Waals surface area contributed by atoms with Crippen molar-refractivity contribution >= 4 is 23.3 Å². The lowest BCUT2D eigenvalue weighted by Gasteiger charge is -2.01. The molecule has 0 spiro atoms. The maximum Gasteiger partial charge on any atom is 0.394 e. The van der Waals surface area contributed by atoms with Crippen molar-refractivity contribution in [3.05, 3.63) is 36.2 Å². The summed E-state index contributed by atoms with van der Waals surface area (Å²) < 4.78 is 1.54. The molecule has 0 aliphatic carbocycles. The number of hydrogen-bond donors (Lipinski definition) is 2. The van der Waals surface area contributed by atoms with Crippen LogP contribution >= 0.6 is 0 Å². The first kappa shape index (κ1) is 10.8. The molecular formula is C10H7N3O4. The van der Waals surface area contributed by atoms with Gasteiger partial charge in [0.2, 0.25) is 0 Å². The van der Waals surface area contributed by atoms with E-state index in [4.69, 9.17) is 5.11 Å². The van der Waals surface area contributed by atoms with E-state index in [9.17, 15) is 14.4 Å². The van der Waals surface area contributed by atoms with Crippen molar-refractivity contribution in [3.63, 3.8) is 0 Å². The van der Waals surface area contributed by atoms with Crippen LogP contribution in [0.5, 0.6) is 0 Å². The van der Waals surface area contributed by atoms with Crippen LogP contribution in [0, 0.1) is 0 Å². The summed E-state index contributed by atoms with van der Waals surface area (Å²) in [4.78, 5) is 32.5. The Bertz CT molecular complexity index is 617. The number of nitrogens with zero attached hydrogens (tertiary/aromatic N) is 2. The largest absolute Gasteiger partial charge is 0.474 e. The number of carboxylic acid groups (broad SMARTS) is 1. The molecule has 0 aromatic carbocycles. The molecule has 0 saturated heterocycles. The molecule has 0 radical (unpaired) electrons. The number of imide groups is 1. The highest BCUT2D eigenvalue weighted by atomic mass is 16.4. The van der Waals surface area contributed by atoms with Crippen molar-refractivity contribution in [2.45, 2.75) is 0 Å². The summed E-state index contributed by atoms with van der Waals surface area (Å²) in [7, 11) is 0. The summed E-state index contributed by atoms with van der Waals surface area (Å²) in [5, 5.41) is 14.0. The van der Waals surface area contributed by atoms with Crippen LogP contribution in [0.2, 0.25) is 0 Å². The van der Waals surface area contributed by atoms with Crippen molar-refractivity contribution in [1.29, 1.82) is 0 Å². The molecular weight excluding hydrogens is 226 g/mol. The van der Waals surface area contributed by atoms with E-state index in [-0.39, 0.29) is 5.56 Å². The van der Waals surface area contributed by atoms with Gasteiger partial charge >= 0.3 is 11.9 Å². The number of hydrogen-bond acceptors (Lipinski definition) is 4. The number of carbonyl (C=O) groups excluding carboxylic acids is 2. The highest BCUT2D eigenvalue weighted by molar-refractivity contribution is 6.35. The number of aliphatic carboxylic acids is 1. The molecule has 0 fully saturated rings. The van der Waals surface area contributed by atoms with Crippen LogP contribution in [0.1, 0.15) is 10.4 Å². The Labute approximate surface area is 94.7 Å². The van der Waals surface area contributed by atoms with Gasteiger partial charge in [-0.15, -0.1) is 0 Å². The van der Waals surface area contributed by atoms with Crippen molar-refractivity contribution < 1.29 is 19.5 Å². The summed E-state index contributed by atoms with van der Waals surface area (Å²) in [5.41, 5.74) is 0.784. The van der Waals surface area contributed by atoms with Gasteiger partial charge in [-0.1, -0.05) is 0 Å². The average Bonchev–Trinajstić information content (AvgIpc) is 2.75. The maximum atomic E-state index is 11.5. The fourth-order valence-corrected chi connectivity index (χ4v) is 1.28. The van der Waals surface area contributed by atoms with Gasteiger partial charge in [-0.2, -0.15) is 5.10 Å². The Kier molecular flexibility index (Phi) is 2.57. The number of nitrogens with one attached hydrogen (secondary N) is 1. The van der Waals surface area contributed by atoms with E-state index in [1.54, 1.807) is 23.6 Å². The number of aromatic nitrogens is 2. The van der Waals surface area contributed by atoms with E-state index >= 15 is 0 Å². The Morgan fingerprint density at radius 2 is 2.12 bits per heavy atom. The SMILES string of the molecule is O=C(O)C(=O)NC(=O)c1cnn2cccc2c1. The first-order chi connectivity index (χ1) is 8.08. The molecule has 2 N–H and O–H groups in total. The zero-order chi connectivity index (χ0) is 12.4. The number of amides is 2. The molecule has 0 atom stereocenters. The van der Waals surface area contributed by atoms with Crippen molar-refractivity contribution in [3.8, 4) is 0 Å². The summed E-state index contributed by atoms with van der Waals surface area (Å²) in [6, 6.07) is 4.96. The first-order valence-electron chi connectivity index (χ1n) is 4.60. The van der Waals surface area contributed by atoms with Crippen LogP contribution in [0.15, 0.2) is 30.6 Å². The number of rotatable bonds is 1. The predicted octanol–water partition coefficient (Wildman–Crippen LogP) is -0.325. The topological polar surface area (TPSA) is 101 Å². The number of fused-ring (bicyclic) bond motifs is 1. The summed E-state index contributed by atoms with van der Waals surface area (Å²) >= 11 is 0. The minimum Gasteiger partial charge on any atom is -0.474 e. The van der Waals surface area contributed by atoms with Gasteiger partial charge in [-0.25, -0.2) is 9.31 Å². The van der Waals surface area contributed by atoms with Crippen LogP contribution in [-0.2, 0) is 9.59 Å². The highest BCUT2D eigenvalue weighted by Gasteiger charge is 2.16. The molecule has 7 nitrogen and oxygen atoms in total. The van der Waals surface area contributed by atoms with E-state index in [0.717, 1.165) is 0 Å². The van der Waals surface area contributed by atoms with Crippen molar-refractivity contribution in [1.82, 2.24) is 14.9 Å². The van der Waals surface area contributed by atoms with Crippen LogP contribution in [0.25, 0.3) is 5.52 Å². The molecule has 0 bridgehead atoms. The summed E-state index contributed by atoms with van der Waals surface area (Å²) in [5.74, 6) is -3.88. The molecule has 2 aromatic heterocycles. The molecule has 2 amide bonds. The van der Waals surface area contributed by atoms with Gasteiger partial charge in [0, 0.05) is 6.20 Å². The summed E-state index contributed by atoms with van der Waals surface area (Å²) in [6.07, 6.45) is 2.94. The number of carboxylic acids is 1. The van der Waals surface area contributed by atoms with E-state index in [1.165, 1.54) is 16.8 Å². The standard InChI is InChI=1S/C10H7N3O4/c14-8(12-9(15)10(16)17)6-4-7-2-1-3-13(7)11-5-6/h1-5H,(H,16,17)(H,12,14,15). The first-order valence-corrected chi connectivity index (χ1v) is 4.60. The molecule has 0 saturated carbocycles. The Morgan fingerprint density at radius 1 is 1.35 bits per heavy atom. The third kappa shape index (κ3) is 2.12. The van der Waals surface area contributed by atoms with E-state index in [1.807, 2.05) is 0 Å². The molecule has 0 unspecified atom stereocenters. The van der Waals surface area contributed by atoms with E-state index < -0.39 is 17.8 Å². The van der Waals surface area contributed by atoms with Gasteiger partial charge in [-0.05, 0) is 18.2 Å². The van der Waals surface area contributed by atoms with E-state index in [0.29, 0.717) is 5.52 Å². The molecule has 2 rings (SSSR count). The van der Waals surface area contributed by atoms with Crippen LogP contribution in [0.4, 0.5) is 0 Å². The molecule has 17 heavy (non-hydrogen) atoms. The minimum absolute atomic E-state index is 0.116. The lowest BCUT2D eigenvalue weighted by atomic mass is 10.2. The molecule has 2 aromatic rings. The highest BCUT2D eigenvalue weighted by Crippen LogP contribution is 2.05. The van der Waals surface area contributed by atoms with Gasteiger partial charge in [0.1, 0.15) is 0 Å². The molecule has 0 aliphatic heterocycles. The van der Waals surface area contributed by atoms with Gasteiger partial charge in [0.25, 0.3) is 5.91 Å². The van der Waals surface area contributed by atoms with Gasteiger partial charge in [0.15, 0.2) is 0 Å². The van der Waals surface area contributed by atoms with Gasteiger partial charge < -0.3 is 5.11 Å². The minimum atomic E-state index is -1.71. The predicted molar refractivity (Wildman–Crippen MR) is 55.3 cm³/mol. The fraction of sp³-hybridized carbons (Fsp3) is 0. The van der Waals surface area contributed by atoms with Crippen LogP contribution in [-0.4, -0.2) is 32.5 Å². The quantitative estimate of drug-likeness (QED) is 0.657. The Balaban J connectivity index is 2.24. The zero-order valence-electron chi connectivity index (χ0n) is 8.45. The fourth-order valence-electron chi connectivity index (χ4n) is 1.28. The lowest BCUT2D eigenvalue weighted by molar-refractivity contribution is -0.149. The van der Waals surface area contributed by atoms with E-state index in [2.05, 4.69) is 5.10 Å².